The SMILES string of the molecule is CCC1CCCCN1S(=O)(=O)c1cc(CCl)cc(Br)c1C. The van der Waals surface area contributed by atoms with Crippen LogP contribution < -0.4 is 0 Å². The van der Waals surface area contributed by atoms with Crippen LogP contribution in [0.4, 0.5) is 0 Å². The average Bonchev–Trinajstić information content (AvgIpc) is 2.49. The van der Waals surface area contributed by atoms with E-state index >= 15 is 0 Å². The lowest BCUT2D eigenvalue weighted by Crippen LogP contribution is -2.43. The molecule has 1 aromatic carbocycles. The molecule has 1 saturated heterocycles. The Morgan fingerprint density at radius 1 is 1.38 bits per heavy atom. The predicted octanol–water partition coefficient (Wildman–Crippen LogP) is 4.45. The van der Waals surface area contributed by atoms with E-state index in [1.54, 1.807) is 10.4 Å². The largest absolute Gasteiger partial charge is 0.243 e. The first-order chi connectivity index (χ1) is 9.91. The number of benzene rings is 1. The molecule has 0 amide bonds. The molecule has 3 nitrogen and oxygen atoms in total. The Morgan fingerprint density at radius 3 is 2.71 bits per heavy atom. The van der Waals surface area contributed by atoms with Crippen LogP contribution in [0, 0.1) is 6.92 Å². The quantitative estimate of drug-likeness (QED) is 0.708. The lowest BCUT2D eigenvalue weighted by atomic mass is 10.0. The van der Waals surface area contributed by atoms with E-state index in [1.165, 1.54) is 0 Å². The van der Waals surface area contributed by atoms with Crippen LogP contribution in [-0.4, -0.2) is 25.3 Å². The third-order valence-corrected chi connectivity index (χ3v) is 7.35. The van der Waals surface area contributed by atoms with Crippen LogP contribution in [0.3, 0.4) is 0 Å². The summed E-state index contributed by atoms with van der Waals surface area (Å²) in [4.78, 5) is 0.382. The van der Waals surface area contributed by atoms with Crippen molar-refractivity contribution in [1.29, 1.82) is 0 Å². The lowest BCUT2D eigenvalue weighted by molar-refractivity contribution is 0.246. The number of sulfonamides is 1. The molecule has 0 bridgehead atoms. The van der Waals surface area contributed by atoms with Gasteiger partial charge in [-0.3, -0.25) is 0 Å². The first-order valence-corrected chi connectivity index (χ1v) is 10.1. The Balaban J connectivity index is 2.50. The van der Waals surface area contributed by atoms with Crippen molar-refractivity contribution in [3.05, 3.63) is 27.7 Å². The predicted molar refractivity (Wildman–Crippen MR) is 90.3 cm³/mol. The maximum Gasteiger partial charge on any atom is 0.243 e. The van der Waals surface area contributed by atoms with Crippen molar-refractivity contribution < 1.29 is 8.42 Å². The summed E-state index contributed by atoms with van der Waals surface area (Å²) in [5.74, 6) is 0.304. The Labute approximate surface area is 140 Å². The molecule has 6 heteroatoms. The lowest BCUT2D eigenvalue weighted by Gasteiger charge is -2.34. The highest BCUT2D eigenvalue weighted by Gasteiger charge is 2.33. The van der Waals surface area contributed by atoms with Crippen molar-refractivity contribution in [1.82, 2.24) is 4.31 Å². The normalized spacial score (nSPS) is 20.7. The summed E-state index contributed by atoms with van der Waals surface area (Å²) in [6, 6.07) is 3.71. The smallest absolute Gasteiger partial charge is 0.207 e. The van der Waals surface area contributed by atoms with Crippen molar-refractivity contribution >= 4 is 37.6 Å². The van der Waals surface area contributed by atoms with Crippen molar-refractivity contribution in [3.63, 3.8) is 0 Å². The monoisotopic (exact) mass is 393 g/mol. The highest BCUT2D eigenvalue weighted by Crippen LogP contribution is 2.32. The second-order valence-electron chi connectivity index (χ2n) is 5.51. The molecule has 1 atom stereocenters. The molecule has 0 N–H and O–H groups in total. The maximum absolute atomic E-state index is 13.1. The summed E-state index contributed by atoms with van der Waals surface area (Å²) in [6.45, 7) is 4.50. The van der Waals surface area contributed by atoms with E-state index in [9.17, 15) is 8.42 Å². The van der Waals surface area contributed by atoms with Gasteiger partial charge in [0.25, 0.3) is 0 Å². The van der Waals surface area contributed by atoms with E-state index in [1.807, 2.05) is 13.0 Å². The summed E-state index contributed by atoms with van der Waals surface area (Å²) in [6.07, 6.45) is 3.85. The molecule has 118 valence electrons. The number of alkyl halides is 1. The van der Waals surface area contributed by atoms with E-state index in [0.717, 1.165) is 41.3 Å². The fourth-order valence-electron chi connectivity index (χ4n) is 2.88. The third-order valence-electron chi connectivity index (χ3n) is 4.14. The van der Waals surface area contributed by atoms with E-state index in [4.69, 9.17) is 11.6 Å². The first kappa shape index (κ1) is 17.3. The number of hydrogen-bond acceptors (Lipinski definition) is 2. The Morgan fingerprint density at radius 2 is 2.10 bits per heavy atom. The summed E-state index contributed by atoms with van der Waals surface area (Å²) >= 11 is 9.33. The van der Waals surface area contributed by atoms with Crippen LogP contribution in [0.1, 0.15) is 43.7 Å². The van der Waals surface area contributed by atoms with E-state index in [-0.39, 0.29) is 6.04 Å². The van der Waals surface area contributed by atoms with Crippen LogP contribution in [0.2, 0.25) is 0 Å². The number of rotatable bonds is 4. The van der Waals surface area contributed by atoms with Gasteiger partial charge in [0.15, 0.2) is 0 Å². The molecule has 1 aliphatic rings. The molecule has 0 aromatic heterocycles. The van der Waals surface area contributed by atoms with Gasteiger partial charge in [0, 0.05) is 22.9 Å². The number of halogens is 2. The fourth-order valence-corrected chi connectivity index (χ4v) is 5.74. The zero-order chi connectivity index (χ0) is 15.6. The molecular formula is C15H21BrClNO2S. The molecule has 1 unspecified atom stereocenters. The van der Waals surface area contributed by atoms with Crippen LogP contribution in [0.15, 0.2) is 21.5 Å². The van der Waals surface area contributed by atoms with Gasteiger partial charge in [-0.05, 0) is 49.4 Å². The molecule has 21 heavy (non-hydrogen) atoms. The molecule has 0 radical (unpaired) electrons. The van der Waals surface area contributed by atoms with E-state index < -0.39 is 10.0 Å². The van der Waals surface area contributed by atoms with E-state index in [0.29, 0.717) is 17.3 Å². The van der Waals surface area contributed by atoms with Gasteiger partial charge in [0.05, 0.1) is 4.90 Å². The van der Waals surface area contributed by atoms with Gasteiger partial charge in [-0.1, -0.05) is 29.3 Å². The molecule has 1 aliphatic heterocycles. The van der Waals surface area contributed by atoms with Crippen LogP contribution in [0.5, 0.6) is 0 Å². The van der Waals surface area contributed by atoms with Gasteiger partial charge < -0.3 is 0 Å². The van der Waals surface area contributed by atoms with Gasteiger partial charge in [-0.25, -0.2) is 8.42 Å². The number of piperidine rings is 1. The summed E-state index contributed by atoms with van der Waals surface area (Å²) in [7, 11) is -3.46. The second kappa shape index (κ2) is 6.99. The van der Waals surface area contributed by atoms with Gasteiger partial charge in [0.1, 0.15) is 0 Å². The minimum atomic E-state index is -3.46. The summed E-state index contributed by atoms with van der Waals surface area (Å²) < 4.78 is 28.6. The summed E-state index contributed by atoms with van der Waals surface area (Å²) in [5.41, 5.74) is 1.57. The average molecular weight is 395 g/mol. The maximum atomic E-state index is 13.1. The van der Waals surface area contributed by atoms with Crippen LogP contribution >= 0.6 is 27.5 Å². The minimum Gasteiger partial charge on any atom is -0.207 e. The van der Waals surface area contributed by atoms with Gasteiger partial charge in [0.2, 0.25) is 10.0 Å². The highest BCUT2D eigenvalue weighted by molar-refractivity contribution is 9.10. The molecular weight excluding hydrogens is 374 g/mol. The molecule has 0 saturated carbocycles. The number of hydrogen-bond donors (Lipinski definition) is 0. The molecule has 1 heterocycles. The van der Waals surface area contributed by atoms with E-state index in [2.05, 4.69) is 22.9 Å². The molecule has 1 fully saturated rings. The molecule has 2 rings (SSSR count). The summed E-state index contributed by atoms with van der Waals surface area (Å²) in [5, 5.41) is 0. The van der Waals surface area contributed by atoms with Crippen molar-refractivity contribution in [2.45, 2.75) is 56.3 Å². The highest BCUT2D eigenvalue weighted by atomic mass is 79.9. The Hall–Kier alpha value is -0.100. The van der Waals surface area contributed by atoms with Crippen LogP contribution in [0.25, 0.3) is 0 Å². The molecule has 0 aliphatic carbocycles. The van der Waals surface area contributed by atoms with Crippen molar-refractivity contribution in [2.75, 3.05) is 6.54 Å². The fraction of sp³-hybridized carbons (Fsp3) is 0.600. The topological polar surface area (TPSA) is 37.4 Å². The minimum absolute atomic E-state index is 0.113. The third kappa shape index (κ3) is 3.46. The van der Waals surface area contributed by atoms with Gasteiger partial charge in [-0.2, -0.15) is 4.31 Å². The zero-order valence-electron chi connectivity index (χ0n) is 12.4. The van der Waals surface area contributed by atoms with Crippen molar-refractivity contribution in [3.8, 4) is 0 Å². The van der Waals surface area contributed by atoms with Crippen molar-refractivity contribution in [2.24, 2.45) is 0 Å². The first-order valence-electron chi connectivity index (χ1n) is 7.28. The van der Waals surface area contributed by atoms with Gasteiger partial charge in [-0.15, -0.1) is 11.6 Å². The number of nitrogens with zero attached hydrogens (tertiary/aromatic N) is 1. The Kier molecular flexibility index (Phi) is 5.74. The standard InChI is InChI=1S/C15H21BrClNO2S/c1-3-13-6-4-5-7-18(13)21(19,20)15-9-12(10-17)8-14(16)11(15)2/h8-9,13H,3-7,10H2,1-2H3. The second-order valence-corrected chi connectivity index (χ2v) is 8.49. The zero-order valence-corrected chi connectivity index (χ0v) is 15.6. The Bertz CT molecular complexity index is 618. The molecule has 1 aromatic rings. The van der Waals surface area contributed by atoms with Crippen LogP contribution in [-0.2, 0) is 15.9 Å². The molecule has 0 spiro atoms. The van der Waals surface area contributed by atoms with Gasteiger partial charge >= 0.3 is 0 Å².